The number of ether oxygens (including phenoxy) is 3. The Morgan fingerprint density at radius 2 is 1.84 bits per heavy atom. The van der Waals surface area contributed by atoms with Gasteiger partial charge in [-0.25, -0.2) is 14.6 Å². The Balaban J connectivity index is 1.30. The third kappa shape index (κ3) is 8.90. The van der Waals surface area contributed by atoms with Crippen LogP contribution >= 0.6 is 34.9 Å². The molecule has 2 aliphatic rings. The number of thiazole rings is 1. The fourth-order valence-corrected chi connectivity index (χ4v) is 7.71. The van der Waals surface area contributed by atoms with Gasteiger partial charge in [-0.3, -0.25) is 24.8 Å². The van der Waals surface area contributed by atoms with Crippen molar-refractivity contribution in [2.75, 3.05) is 31.0 Å². The van der Waals surface area contributed by atoms with Gasteiger partial charge in [-0.1, -0.05) is 17.3 Å². The number of thioether (sulfide) groups is 2. The fraction of sp³-hybridized carbons (Fsp3) is 0.344. The van der Waals surface area contributed by atoms with Gasteiger partial charge in [-0.15, -0.1) is 34.9 Å². The highest BCUT2D eigenvalue weighted by Gasteiger charge is 2.54. The Morgan fingerprint density at radius 1 is 1.10 bits per heavy atom. The number of aromatic nitrogens is 2. The fourth-order valence-electron chi connectivity index (χ4n) is 4.66. The number of pyridine rings is 1. The molecule has 14 nitrogen and oxygen atoms in total. The maximum absolute atomic E-state index is 13.6. The Labute approximate surface area is 295 Å². The molecule has 0 spiro atoms. The van der Waals surface area contributed by atoms with E-state index in [1.807, 2.05) is 12.1 Å². The molecule has 2 aliphatic heterocycles. The van der Waals surface area contributed by atoms with Crippen LogP contribution in [0.4, 0.5) is 9.93 Å². The number of β-lactam (4-membered cyclic amide) rings is 1. The van der Waals surface area contributed by atoms with Crippen molar-refractivity contribution in [2.45, 2.75) is 49.3 Å². The maximum Gasteiger partial charge on any atom is 0.413 e. The van der Waals surface area contributed by atoms with Crippen LogP contribution < -0.4 is 15.4 Å². The number of esters is 1. The quantitative estimate of drug-likeness (QED) is 0.0886. The third-order valence-corrected chi connectivity index (χ3v) is 10.1. The molecule has 1 saturated heterocycles. The summed E-state index contributed by atoms with van der Waals surface area (Å²) in [6.45, 7) is 5.18. The van der Waals surface area contributed by atoms with Crippen LogP contribution in [-0.4, -0.2) is 87.2 Å². The summed E-state index contributed by atoms with van der Waals surface area (Å²) >= 11 is 3.99. The molecular formula is C32H34N6O8S3. The molecular weight excluding hydrogens is 693 g/mol. The SMILES string of the molecule is CO/N=C(\C(=O)N[C@@H]1C(=O)N2C(C(=O)OCc3ccc(OC)cc3)=C(CSc3ccncc3)CS[C@H]12)c1csc(NC(=O)OC(C)(C)C)n1. The first-order valence-corrected chi connectivity index (χ1v) is 17.8. The Morgan fingerprint density at radius 3 is 2.51 bits per heavy atom. The van der Waals surface area contributed by atoms with Gasteiger partial charge in [0.15, 0.2) is 10.8 Å². The summed E-state index contributed by atoms with van der Waals surface area (Å²) in [7, 11) is 2.84. The van der Waals surface area contributed by atoms with Crippen LogP contribution in [0.3, 0.4) is 0 Å². The van der Waals surface area contributed by atoms with Crippen molar-refractivity contribution in [1.29, 1.82) is 0 Å². The Bertz CT molecular complexity index is 1760. The van der Waals surface area contributed by atoms with Crippen LogP contribution in [0, 0.1) is 0 Å². The van der Waals surface area contributed by atoms with Gasteiger partial charge in [-0.2, -0.15) is 0 Å². The van der Waals surface area contributed by atoms with Crippen molar-refractivity contribution in [3.8, 4) is 5.75 Å². The van der Waals surface area contributed by atoms with Crippen LogP contribution in [-0.2, 0) is 35.3 Å². The minimum absolute atomic E-state index is 0.00757. The third-order valence-electron chi connectivity index (χ3n) is 6.87. The number of amides is 3. The average Bonchev–Trinajstić information content (AvgIpc) is 3.54. The molecule has 2 N–H and O–H groups in total. The van der Waals surface area contributed by atoms with Crippen LogP contribution in [0.1, 0.15) is 32.0 Å². The molecule has 5 rings (SSSR count). The minimum atomic E-state index is -0.962. The number of hydrogen-bond donors (Lipinski definition) is 2. The van der Waals surface area contributed by atoms with Crippen molar-refractivity contribution in [1.82, 2.24) is 20.2 Å². The predicted molar refractivity (Wildman–Crippen MR) is 185 cm³/mol. The molecule has 17 heteroatoms. The van der Waals surface area contributed by atoms with E-state index in [2.05, 4.69) is 25.8 Å². The standard InChI is InChI=1S/C32H34N6O8S3/c1-32(2,3)46-31(42)36-30-34-22(17-49-30)23(37-44-5)26(39)35-24-27(40)38-25(29(41)45-14-18-6-8-20(43-4)9-7-18)19(16-48-28(24)38)15-47-21-10-12-33-13-11-21/h6-13,17,24,28H,14-16H2,1-5H3,(H,35,39)(H,34,36,42)/b37-23-/t24-,28-/m1/s1. The molecule has 3 aromatic rings. The molecule has 0 saturated carbocycles. The highest BCUT2D eigenvalue weighted by Crippen LogP contribution is 2.42. The van der Waals surface area contributed by atoms with E-state index in [1.54, 1.807) is 64.5 Å². The highest BCUT2D eigenvalue weighted by atomic mass is 32.2. The number of benzene rings is 1. The topological polar surface area (TPSA) is 171 Å². The Kier molecular flexibility index (Phi) is 11.5. The number of nitrogens with one attached hydrogen (secondary N) is 2. The van der Waals surface area contributed by atoms with Crippen LogP contribution in [0.5, 0.6) is 5.75 Å². The molecule has 1 fully saturated rings. The molecule has 0 radical (unpaired) electrons. The number of carbonyl (C=O) groups excluding carboxylic acids is 4. The average molecular weight is 727 g/mol. The van der Waals surface area contributed by atoms with Gasteiger partial charge in [-0.05, 0) is 56.2 Å². The number of fused-ring (bicyclic) bond motifs is 1. The number of methoxy groups -OCH3 is 1. The summed E-state index contributed by atoms with van der Waals surface area (Å²) in [4.78, 5) is 68.5. The van der Waals surface area contributed by atoms with E-state index in [4.69, 9.17) is 19.0 Å². The van der Waals surface area contributed by atoms with Crippen LogP contribution in [0.25, 0.3) is 0 Å². The monoisotopic (exact) mass is 726 g/mol. The molecule has 258 valence electrons. The van der Waals surface area contributed by atoms with E-state index in [9.17, 15) is 19.2 Å². The van der Waals surface area contributed by atoms with E-state index >= 15 is 0 Å². The van der Waals surface area contributed by atoms with Crippen molar-refractivity contribution < 1.29 is 38.2 Å². The molecule has 0 bridgehead atoms. The van der Waals surface area contributed by atoms with Crippen molar-refractivity contribution in [3.05, 3.63) is 76.7 Å². The summed E-state index contributed by atoms with van der Waals surface area (Å²) in [5.74, 6) is -0.302. The van der Waals surface area contributed by atoms with E-state index in [-0.39, 0.29) is 28.8 Å². The lowest BCUT2D eigenvalue weighted by Gasteiger charge is -2.49. The van der Waals surface area contributed by atoms with E-state index < -0.39 is 40.9 Å². The summed E-state index contributed by atoms with van der Waals surface area (Å²) in [5.41, 5.74) is 0.850. The molecule has 4 heterocycles. The summed E-state index contributed by atoms with van der Waals surface area (Å²) in [5, 5.41) is 10.2. The largest absolute Gasteiger partial charge is 0.497 e. The number of rotatable bonds is 12. The molecule has 0 aliphatic carbocycles. The zero-order chi connectivity index (χ0) is 35.1. The second-order valence-electron chi connectivity index (χ2n) is 11.5. The first-order chi connectivity index (χ1) is 23.5. The van der Waals surface area contributed by atoms with E-state index in [0.717, 1.165) is 27.4 Å². The van der Waals surface area contributed by atoms with Crippen molar-refractivity contribution in [2.24, 2.45) is 5.16 Å². The molecule has 0 unspecified atom stereocenters. The second kappa shape index (κ2) is 15.7. The lowest BCUT2D eigenvalue weighted by molar-refractivity contribution is -0.153. The van der Waals surface area contributed by atoms with Crippen LogP contribution in [0.2, 0.25) is 0 Å². The van der Waals surface area contributed by atoms with Gasteiger partial charge in [0.1, 0.15) is 47.9 Å². The molecule has 1 aromatic carbocycles. The van der Waals surface area contributed by atoms with Gasteiger partial charge < -0.3 is 24.4 Å². The molecule has 3 amide bonds. The smallest absolute Gasteiger partial charge is 0.413 e. The van der Waals surface area contributed by atoms with Crippen molar-refractivity contribution >= 4 is 69.6 Å². The number of oxime groups is 1. The number of carbonyl (C=O) groups is 4. The van der Waals surface area contributed by atoms with E-state index in [0.29, 0.717) is 17.3 Å². The Hall–Kier alpha value is -4.61. The molecule has 49 heavy (non-hydrogen) atoms. The zero-order valence-electron chi connectivity index (χ0n) is 27.3. The van der Waals surface area contributed by atoms with E-state index in [1.165, 1.54) is 40.9 Å². The predicted octanol–water partition coefficient (Wildman–Crippen LogP) is 4.43. The number of anilines is 1. The van der Waals surface area contributed by atoms with Gasteiger partial charge >= 0.3 is 12.1 Å². The highest BCUT2D eigenvalue weighted by molar-refractivity contribution is 8.01. The normalized spacial score (nSPS) is 17.4. The van der Waals surface area contributed by atoms with Crippen molar-refractivity contribution in [3.63, 3.8) is 0 Å². The number of hydrogen-bond acceptors (Lipinski definition) is 14. The summed E-state index contributed by atoms with van der Waals surface area (Å²) in [6, 6.07) is 9.88. The lowest BCUT2D eigenvalue weighted by atomic mass is 10.0. The van der Waals surface area contributed by atoms with Gasteiger partial charge in [0, 0.05) is 34.2 Å². The zero-order valence-corrected chi connectivity index (χ0v) is 29.7. The summed E-state index contributed by atoms with van der Waals surface area (Å²) < 4.78 is 16.1. The first kappa shape index (κ1) is 35.7. The minimum Gasteiger partial charge on any atom is -0.497 e. The lowest BCUT2D eigenvalue weighted by Crippen LogP contribution is -2.71. The second-order valence-corrected chi connectivity index (χ2v) is 14.5. The van der Waals surface area contributed by atoms with Gasteiger partial charge in [0.05, 0.1) is 7.11 Å². The van der Waals surface area contributed by atoms with Crippen LogP contribution in [0.15, 0.2) is 75.5 Å². The van der Waals surface area contributed by atoms with Gasteiger partial charge in [0.2, 0.25) is 0 Å². The first-order valence-electron chi connectivity index (χ1n) is 14.8. The van der Waals surface area contributed by atoms with Gasteiger partial charge in [0.25, 0.3) is 11.8 Å². The number of nitrogens with zero attached hydrogens (tertiary/aromatic N) is 4. The molecule has 2 aromatic heterocycles. The summed E-state index contributed by atoms with van der Waals surface area (Å²) in [6.07, 6.45) is 2.66. The molecule has 2 atom stereocenters. The maximum atomic E-state index is 13.6.